The number of rotatable bonds is 7. The summed E-state index contributed by atoms with van der Waals surface area (Å²) in [4.78, 5) is 2.37. The molecule has 0 aliphatic carbocycles. The lowest BCUT2D eigenvalue weighted by Crippen LogP contribution is -2.43. The maximum atomic E-state index is 11.4. The second-order valence-corrected chi connectivity index (χ2v) is 8.74. The van der Waals surface area contributed by atoms with Gasteiger partial charge in [-0.1, -0.05) is 42.5 Å². The average Bonchev–Trinajstić information content (AvgIpc) is 2.85. The molecule has 0 spiro atoms. The van der Waals surface area contributed by atoms with Gasteiger partial charge in [0.1, 0.15) is 18.1 Å². The van der Waals surface area contributed by atoms with Crippen molar-refractivity contribution in [2.75, 3.05) is 39.5 Å². The number of thiocarbonyl (C=S) groups is 1. The van der Waals surface area contributed by atoms with Crippen molar-refractivity contribution in [3.63, 3.8) is 0 Å². The molecule has 0 bridgehead atoms. The third-order valence-corrected chi connectivity index (χ3v) is 6.29. The summed E-state index contributed by atoms with van der Waals surface area (Å²) in [6, 6.07) is 17.8. The van der Waals surface area contributed by atoms with Gasteiger partial charge in [0.25, 0.3) is 0 Å². The van der Waals surface area contributed by atoms with E-state index < -0.39 is 0 Å². The van der Waals surface area contributed by atoms with Gasteiger partial charge in [-0.15, -0.1) is 0 Å². The van der Waals surface area contributed by atoms with Gasteiger partial charge in [-0.3, -0.25) is 10.3 Å². The van der Waals surface area contributed by atoms with Crippen LogP contribution in [-0.4, -0.2) is 60.3 Å². The van der Waals surface area contributed by atoms with E-state index in [9.17, 15) is 5.11 Å². The van der Waals surface area contributed by atoms with Crippen LogP contribution in [0.4, 0.5) is 0 Å². The molecule has 2 aliphatic rings. The predicted molar refractivity (Wildman–Crippen MR) is 134 cm³/mol. The zero-order chi connectivity index (χ0) is 23.2. The van der Waals surface area contributed by atoms with Crippen LogP contribution in [-0.2, 0) is 4.74 Å². The fraction of sp³-hybridized carbons (Fsp3) is 0.360. The van der Waals surface area contributed by atoms with Gasteiger partial charge in [0.05, 0.1) is 18.8 Å². The molecule has 2 unspecified atom stereocenters. The topological polar surface area (TPSA) is 92.3 Å². The van der Waals surface area contributed by atoms with Crippen LogP contribution < -0.4 is 15.9 Å². The summed E-state index contributed by atoms with van der Waals surface area (Å²) in [5, 5.41) is 16.0. The average molecular weight is 467 g/mol. The van der Waals surface area contributed by atoms with Crippen LogP contribution in [0.1, 0.15) is 24.0 Å². The van der Waals surface area contributed by atoms with Crippen molar-refractivity contribution in [1.82, 2.24) is 10.3 Å². The van der Waals surface area contributed by atoms with Gasteiger partial charge in [-0.2, -0.15) is 5.10 Å². The van der Waals surface area contributed by atoms with E-state index in [2.05, 4.69) is 27.6 Å². The van der Waals surface area contributed by atoms with E-state index in [0.717, 1.165) is 36.5 Å². The normalized spacial score (nSPS) is 18.8. The largest absolute Gasteiger partial charge is 0.507 e. The Kier molecular flexibility index (Phi) is 7.59. The fourth-order valence-corrected chi connectivity index (χ4v) is 4.57. The molecule has 8 heteroatoms. The van der Waals surface area contributed by atoms with Crippen LogP contribution in [0.3, 0.4) is 0 Å². The van der Waals surface area contributed by atoms with E-state index in [4.69, 9.17) is 27.4 Å². The third kappa shape index (κ3) is 5.52. The van der Waals surface area contributed by atoms with E-state index in [1.165, 1.54) is 0 Å². The summed E-state index contributed by atoms with van der Waals surface area (Å²) in [7, 11) is 0. The number of ether oxygens (including phenoxy) is 2. The smallest absolute Gasteiger partial charge is 0.184 e. The first-order chi connectivity index (χ1) is 16.0. The number of hydrogen-bond donors (Lipinski definition) is 3. The third-order valence-electron chi connectivity index (χ3n) is 6.20. The van der Waals surface area contributed by atoms with Crippen LogP contribution in [0.25, 0.3) is 5.76 Å². The van der Waals surface area contributed by atoms with Gasteiger partial charge in [0, 0.05) is 42.8 Å². The first-order valence-electron chi connectivity index (χ1n) is 11.1. The summed E-state index contributed by atoms with van der Waals surface area (Å²) in [5.74, 6) is 0.751. The molecule has 33 heavy (non-hydrogen) atoms. The maximum Gasteiger partial charge on any atom is 0.184 e. The van der Waals surface area contributed by atoms with E-state index in [0.29, 0.717) is 31.1 Å². The molecule has 0 aromatic heterocycles. The number of nitrogens with two attached hydrogens (primary N) is 1. The molecule has 2 aromatic carbocycles. The van der Waals surface area contributed by atoms with E-state index in [-0.39, 0.29) is 22.7 Å². The number of morpholine rings is 1. The van der Waals surface area contributed by atoms with Gasteiger partial charge < -0.3 is 20.3 Å². The summed E-state index contributed by atoms with van der Waals surface area (Å²) in [6.45, 7) is 6.12. The highest BCUT2D eigenvalue weighted by Gasteiger charge is 2.35. The Labute approximate surface area is 199 Å². The second kappa shape index (κ2) is 10.8. The predicted octanol–water partition coefficient (Wildman–Crippen LogP) is 3.29. The van der Waals surface area contributed by atoms with Gasteiger partial charge in [0.2, 0.25) is 0 Å². The van der Waals surface area contributed by atoms with Crippen LogP contribution in [0.5, 0.6) is 5.75 Å². The molecule has 1 fully saturated rings. The molecule has 0 radical (unpaired) electrons. The minimum atomic E-state index is -0.153. The Morgan fingerprint density at radius 2 is 1.85 bits per heavy atom. The van der Waals surface area contributed by atoms with E-state index in [1.807, 2.05) is 49.4 Å². The number of hydrazone groups is 1. The van der Waals surface area contributed by atoms with Crippen LogP contribution in [0.15, 0.2) is 65.3 Å². The van der Waals surface area contributed by atoms with Crippen molar-refractivity contribution < 1.29 is 14.6 Å². The summed E-state index contributed by atoms with van der Waals surface area (Å²) in [6.07, 6.45) is 0. The number of benzene rings is 2. The maximum absolute atomic E-state index is 11.4. The minimum absolute atomic E-state index is 0.0571. The van der Waals surface area contributed by atoms with Crippen molar-refractivity contribution in [2.24, 2.45) is 16.8 Å². The quantitative estimate of drug-likeness (QED) is 0.328. The lowest BCUT2D eigenvalue weighted by Gasteiger charge is -2.37. The zero-order valence-corrected chi connectivity index (χ0v) is 19.6. The molecule has 2 heterocycles. The van der Waals surface area contributed by atoms with Gasteiger partial charge in [-0.25, -0.2) is 0 Å². The highest BCUT2D eigenvalue weighted by molar-refractivity contribution is 7.80. The van der Waals surface area contributed by atoms with Gasteiger partial charge in [-0.05, 0) is 36.8 Å². The lowest BCUT2D eigenvalue weighted by molar-refractivity contribution is 0.0333. The van der Waals surface area contributed by atoms with Crippen molar-refractivity contribution in [3.05, 3.63) is 71.3 Å². The van der Waals surface area contributed by atoms with E-state index >= 15 is 0 Å². The van der Waals surface area contributed by atoms with Crippen molar-refractivity contribution in [1.29, 1.82) is 0 Å². The summed E-state index contributed by atoms with van der Waals surface area (Å²) < 4.78 is 11.6. The summed E-state index contributed by atoms with van der Waals surface area (Å²) >= 11 is 4.97. The first-order valence-corrected chi connectivity index (χ1v) is 11.5. The molecule has 4 rings (SSSR count). The number of hydrogen-bond acceptors (Lipinski definition) is 6. The molecule has 2 aliphatic heterocycles. The first kappa shape index (κ1) is 23.2. The number of fused-ring (bicyclic) bond motifs is 1. The lowest BCUT2D eigenvalue weighted by atomic mass is 9.76. The van der Waals surface area contributed by atoms with Crippen LogP contribution >= 0.6 is 12.2 Å². The molecule has 0 amide bonds. The fourth-order valence-electron chi connectivity index (χ4n) is 4.53. The Morgan fingerprint density at radius 1 is 1.15 bits per heavy atom. The van der Waals surface area contributed by atoms with Crippen molar-refractivity contribution in [2.45, 2.75) is 12.8 Å². The number of nitrogens with zero attached hydrogens (tertiary/aromatic N) is 2. The monoisotopic (exact) mass is 466 g/mol. The number of aliphatic hydroxyl groups is 1. The molecule has 174 valence electrons. The van der Waals surface area contributed by atoms with Crippen molar-refractivity contribution >= 4 is 28.8 Å². The Balaban J connectivity index is 1.80. The van der Waals surface area contributed by atoms with Crippen LogP contribution in [0, 0.1) is 5.92 Å². The number of aliphatic hydroxyl groups excluding tert-OH is 1. The Bertz CT molecular complexity index is 1030. The molecule has 2 aromatic rings. The van der Waals surface area contributed by atoms with Crippen LogP contribution in [0.2, 0.25) is 0 Å². The molecule has 2 atom stereocenters. The van der Waals surface area contributed by atoms with Gasteiger partial charge in [0.15, 0.2) is 5.11 Å². The second-order valence-electron chi connectivity index (χ2n) is 8.30. The summed E-state index contributed by atoms with van der Waals surface area (Å²) in [5.41, 5.74) is 11.9. The molecule has 4 N–H and O–H groups in total. The minimum Gasteiger partial charge on any atom is -0.507 e. The molecule has 0 saturated carbocycles. The standard InChI is InChI=1S/C25H30N4O3S/c1-17(27-28-25(26)33)20(15-29-11-13-31-14-12-29)23(18-7-3-2-4-8-18)21-16-32-22-10-6-5-9-19(22)24(21)30/h2-10,20,23,30H,11-16H2,1H3,(H3,26,28,33)/b27-17+. The SMILES string of the molecule is C/C(=N\NC(N)=S)C(CN1CCOCC1)C(C1=C(O)c2ccccc2OC1)c1ccccc1. The highest BCUT2D eigenvalue weighted by atomic mass is 32.1. The molecule has 1 saturated heterocycles. The molecule has 7 nitrogen and oxygen atoms in total. The molecular weight excluding hydrogens is 436 g/mol. The van der Waals surface area contributed by atoms with Crippen molar-refractivity contribution in [3.8, 4) is 5.75 Å². The number of para-hydroxylation sites is 1. The van der Waals surface area contributed by atoms with Gasteiger partial charge >= 0.3 is 0 Å². The Morgan fingerprint density at radius 3 is 2.58 bits per heavy atom. The number of nitrogens with one attached hydrogen (secondary N) is 1. The zero-order valence-electron chi connectivity index (χ0n) is 18.7. The Hall–Kier alpha value is -2.94. The highest BCUT2D eigenvalue weighted by Crippen LogP contribution is 2.41. The molecular formula is C25H30N4O3S. The van der Waals surface area contributed by atoms with E-state index in [1.54, 1.807) is 0 Å².